The molecule has 0 N–H and O–H groups in total. The molecule has 0 saturated heterocycles. The second kappa shape index (κ2) is 10.1. The molecule has 8 nitrogen and oxygen atoms in total. The van der Waals surface area contributed by atoms with Crippen LogP contribution in [0, 0.1) is 10.1 Å². The number of hydrogen-bond donors (Lipinski definition) is 0. The van der Waals surface area contributed by atoms with Crippen LogP contribution in [0.4, 0.5) is 10.8 Å². The first-order valence-electron chi connectivity index (χ1n) is 10.3. The fraction of sp³-hybridized carbons (Fsp3) is 0.120. The molecule has 0 fully saturated rings. The van der Waals surface area contributed by atoms with E-state index in [-0.39, 0.29) is 11.6 Å². The molecule has 34 heavy (non-hydrogen) atoms. The number of nitro groups is 1. The van der Waals surface area contributed by atoms with E-state index in [9.17, 15) is 14.9 Å². The second-order valence-corrected chi connectivity index (χ2v) is 8.22. The number of nitrogens with zero attached hydrogens (tertiary/aromatic N) is 3. The van der Waals surface area contributed by atoms with Gasteiger partial charge in [0, 0.05) is 18.2 Å². The highest BCUT2D eigenvalue weighted by Crippen LogP contribution is 2.40. The van der Waals surface area contributed by atoms with Crippen LogP contribution in [0.1, 0.15) is 11.1 Å². The van der Waals surface area contributed by atoms with E-state index in [1.54, 1.807) is 49.5 Å². The molecule has 0 aliphatic carbocycles. The van der Waals surface area contributed by atoms with Crippen LogP contribution in [0.2, 0.25) is 0 Å². The van der Waals surface area contributed by atoms with E-state index >= 15 is 0 Å². The molecule has 1 aromatic heterocycles. The quantitative estimate of drug-likeness (QED) is 0.191. The van der Waals surface area contributed by atoms with Crippen molar-refractivity contribution in [2.45, 2.75) is 6.54 Å². The van der Waals surface area contributed by atoms with Gasteiger partial charge in [-0.15, -0.1) is 0 Å². The highest BCUT2D eigenvalue weighted by molar-refractivity contribution is 7.22. The van der Waals surface area contributed by atoms with E-state index in [0.717, 1.165) is 10.3 Å². The zero-order chi connectivity index (χ0) is 24.1. The van der Waals surface area contributed by atoms with Crippen molar-refractivity contribution in [3.05, 3.63) is 94.0 Å². The first kappa shape index (κ1) is 22.9. The lowest BCUT2D eigenvalue weighted by molar-refractivity contribution is -0.384. The van der Waals surface area contributed by atoms with Crippen molar-refractivity contribution in [1.29, 1.82) is 0 Å². The molecule has 0 unspecified atom stereocenters. The normalized spacial score (nSPS) is 11.0. The lowest BCUT2D eigenvalue weighted by Crippen LogP contribution is -2.28. The highest BCUT2D eigenvalue weighted by Gasteiger charge is 2.21. The molecule has 0 aliphatic rings. The third kappa shape index (κ3) is 4.89. The molecule has 4 rings (SSSR count). The molecule has 0 atom stereocenters. The number of thiazole rings is 1. The molecule has 0 bridgehead atoms. The van der Waals surface area contributed by atoms with E-state index in [1.807, 2.05) is 30.3 Å². The zero-order valence-electron chi connectivity index (χ0n) is 18.5. The lowest BCUT2D eigenvalue weighted by atomic mass is 10.2. The smallest absolute Gasteiger partial charge is 0.270 e. The number of anilines is 1. The Morgan fingerprint density at radius 2 is 1.79 bits per heavy atom. The number of methoxy groups -OCH3 is 2. The lowest BCUT2D eigenvalue weighted by Gasteiger charge is -2.18. The van der Waals surface area contributed by atoms with E-state index in [1.165, 1.54) is 29.5 Å². The number of aromatic nitrogens is 1. The number of amides is 1. The van der Waals surface area contributed by atoms with Crippen LogP contribution >= 0.6 is 11.3 Å². The molecule has 1 amide bonds. The van der Waals surface area contributed by atoms with Crippen LogP contribution in [0.3, 0.4) is 0 Å². The van der Waals surface area contributed by atoms with Crippen molar-refractivity contribution in [3.8, 4) is 11.5 Å². The second-order valence-electron chi connectivity index (χ2n) is 7.24. The van der Waals surface area contributed by atoms with Gasteiger partial charge >= 0.3 is 0 Å². The van der Waals surface area contributed by atoms with Crippen molar-refractivity contribution >= 4 is 44.4 Å². The Kier molecular flexibility index (Phi) is 6.84. The summed E-state index contributed by atoms with van der Waals surface area (Å²) < 4.78 is 11.7. The first-order chi connectivity index (χ1) is 16.5. The summed E-state index contributed by atoms with van der Waals surface area (Å²) in [5.41, 5.74) is 2.05. The summed E-state index contributed by atoms with van der Waals surface area (Å²) in [5.74, 6) is 0.906. The molecule has 4 aromatic rings. The minimum absolute atomic E-state index is 0.0406. The molecular weight excluding hydrogens is 454 g/mol. The maximum atomic E-state index is 13.3. The SMILES string of the molecule is COc1ccc(OC)c2sc(N(Cc3ccccc3)C(=O)/C=C/c3cccc([N+](=O)[O-])c3)nc12. The monoisotopic (exact) mass is 475 g/mol. The van der Waals surface area contributed by atoms with Gasteiger partial charge in [-0.3, -0.25) is 19.8 Å². The summed E-state index contributed by atoms with van der Waals surface area (Å²) >= 11 is 1.33. The summed E-state index contributed by atoms with van der Waals surface area (Å²) in [6.07, 6.45) is 2.95. The van der Waals surface area contributed by atoms with Crippen molar-refractivity contribution in [1.82, 2.24) is 4.98 Å². The highest BCUT2D eigenvalue weighted by atomic mass is 32.1. The standard InChI is InChI=1S/C25H21N3O5S/c1-32-20-12-13-21(33-2)24-23(20)26-25(34-24)27(16-18-7-4-3-5-8-18)22(29)14-11-17-9-6-10-19(15-17)28(30)31/h3-15H,16H2,1-2H3/b14-11+. The van der Waals surface area contributed by atoms with E-state index < -0.39 is 4.92 Å². The van der Waals surface area contributed by atoms with Crippen LogP contribution in [0.25, 0.3) is 16.3 Å². The molecule has 1 heterocycles. The van der Waals surface area contributed by atoms with Gasteiger partial charge in [0.25, 0.3) is 11.6 Å². The number of ether oxygens (including phenoxy) is 2. The van der Waals surface area contributed by atoms with Gasteiger partial charge in [-0.2, -0.15) is 0 Å². The Labute approximate surface area is 199 Å². The Morgan fingerprint density at radius 1 is 1.06 bits per heavy atom. The van der Waals surface area contributed by atoms with Gasteiger partial charge in [-0.25, -0.2) is 4.98 Å². The van der Waals surface area contributed by atoms with Crippen molar-refractivity contribution in [2.75, 3.05) is 19.1 Å². The van der Waals surface area contributed by atoms with E-state index in [2.05, 4.69) is 0 Å². The van der Waals surface area contributed by atoms with Gasteiger partial charge < -0.3 is 9.47 Å². The summed E-state index contributed by atoms with van der Waals surface area (Å²) in [4.78, 5) is 30.2. The molecule has 172 valence electrons. The van der Waals surface area contributed by atoms with Gasteiger partial charge in [0.05, 0.1) is 25.7 Å². The summed E-state index contributed by atoms with van der Waals surface area (Å²) in [6.45, 7) is 0.295. The van der Waals surface area contributed by atoms with Crippen LogP contribution < -0.4 is 14.4 Å². The first-order valence-corrected chi connectivity index (χ1v) is 11.1. The van der Waals surface area contributed by atoms with Gasteiger partial charge in [0.1, 0.15) is 21.7 Å². The summed E-state index contributed by atoms with van der Waals surface area (Å²) in [7, 11) is 3.14. The van der Waals surface area contributed by atoms with Crippen LogP contribution in [-0.2, 0) is 11.3 Å². The van der Waals surface area contributed by atoms with Crippen LogP contribution in [-0.4, -0.2) is 30.0 Å². The third-order valence-corrected chi connectivity index (χ3v) is 6.17. The fourth-order valence-corrected chi connectivity index (χ4v) is 4.47. The molecule has 3 aromatic carbocycles. The minimum atomic E-state index is -0.469. The molecule has 0 spiro atoms. The van der Waals surface area contributed by atoms with Crippen molar-refractivity contribution < 1.29 is 19.2 Å². The average molecular weight is 476 g/mol. The number of nitro benzene ring substituents is 1. The minimum Gasteiger partial charge on any atom is -0.495 e. The number of rotatable bonds is 8. The predicted octanol–water partition coefficient (Wildman–Crippen LogP) is 5.47. The maximum Gasteiger partial charge on any atom is 0.270 e. The average Bonchev–Trinajstić information content (AvgIpc) is 3.31. The van der Waals surface area contributed by atoms with E-state index in [4.69, 9.17) is 14.5 Å². The summed E-state index contributed by atoms with van der Waals surface area (Å²) in [5, 5.41) is 11.5. The predicted molar refractivity (Wildman–Crippen MR) is 132 cm³/mol. The van der Waals surface area contributed by atoms with Crippen molar-refractivity contribution in [3.63, 3.8) is 0 Å². The van der Waals surface area contributed by atoms with Gasteiger partial charge in [-0.1, -0.05) is 53.8 Å². The Balaban J connectivity index is 1.73. The van der Waals surface area contributed by atoms with Gasteiger partial charge in [-0.05, 0) is 29.3 Å². The number of fused-ring (bicyclic) bond motifs is 1. The van der Waals surface area contributed by atoms with Gasteiger partial charge in [0.15, 0.2) is 5.13 Å². The molecule has 0 saturated carbocycles. The number of non-ortho nitro benzene ring substituents is 1. The molecular formula is C25H21N3O5S. The Bertz CT molecular complexity index is 1330. The van der Waals surface area contributed by atoms with E-state index in [0.29, 0.717) is 34.3 Å². The maximum absolute atomic E-state index is 13.3. The summed E-state index contributed by atoms with van der Waals surface area (Å²) in [6, 6.07) is 19.3. The van der Waals surface area contributed by atoms with Crippen LogP contribution in [0.15, 0.2) is 72.8 Å². The molecule has 0 aliphatic heterocycles. The number of carbonyl (C=O) groups excluding carboxylic acids is 1. The van der Waals surface area contributed by atoms with Crippen molar-refractivity contribution in [2.24, 2.45) is 0 Å². The topological polar surface area (TPSA) is 94.8 Å². The van der Waals surface area contributed by atoms with Gasteiger partial charge in [0.2, 0.25) is 0 Å². The molecule has 0 radical (unpaired) electrons. The fourth-order valence-electron chi connectivity index (χ4n) is 3.40. The number of carbonyl (C=O) groups is 1. The Morgan fingerprint density at radius 3 is 2.50 bits per heavy atom. The number of hydrogen-bond acceptors (Lipinski definition) is 7. The number of benzene rings is 3. The molecule has 9 heteroatoms. The largest absolute Gasteiger partial charge is 0.495 e. The Hall–Kier alpha value is -4.24. The third-order valence-electron chi connectivity index (χ3n) is 5.08. The zero-order valence-corrected chi connectivity index (χ0v) is 19.3. The van der Waals surface area contributed by atoms with Crippen LogP contribution in [0.5, 0.6) is 11.5 Å².